The van der Waals surface area contributed by atoms with Crippen molar-refractivity contribution in [1.82, 2.24) is 15.0 Å². The van der Waals surface area contributed by atoms with Gasteiger partial charge < -0.3 is 5.73 Å². The Balaban J connectivity index is 2.49. The van der Waals surface area contributed by atoms with Crippen molar-refractivity contribution in [3.8, 4) is 11.5 Å². The monoisotopic (exact) mass is 282 g/mol. The molecule has 0 aliphatic carbocycles. The third-order valence-corrected chi connectivity index (χ3v) is 2.82. The topological polar surface area (TPSA) is 64.7 Å². The van der Waals surface area contributed by atoms with Gasteiger partial charge in [-0.05, 0) is 25.6 Å². The number of hydrogen-bond donors (Lipinski definition) is 1. The summed E-state index contributed by atoms with van der Waals surface area (Å²) in [6.07, 6.45) is 2.22. The molecule has 0 aliphatic heterocycles. The van der Waals surface area contributed by atoms with Crippen LogP contribution >= 0.6 is 23.2 Å². The Morgan fingerprint density at radius 3 is 2.67 bits per heavy atom. The van der Waals surface area contributed by atoms with E-state index in [0.717, 1.165) is 11.4 Å². The lowest BCUT2D eigenvalue weighted by atomic mass is 10.2. The summed E-state index contributed by atoms with van der Waals surface area (Å²) in [6, 6.07) is 3.53. The number of pyridine rings is 1. The molecular weight excluding hydrogens is 271 g/mol. The SMILES string of the molecule is Cc1cc(CCN)nc(-c2ncc(Cl)cc2Cl)n1. The van der Waals surface area contributed by atoms with Gasteiger partial charge in [0.25, 0.3) is 0 Å². The predicted molar refractivity (Wildman–Crippen MR) is 72.8 cm³/mol. The number of aryl methyl sites for hydroxylation is 1. The van der Waals surface area contributed by atoms with E-state index in [9.17, 15) is 0 Å². The Morgan fingerprint density at radius 2 is 2.00 bits per heavy atom. The van der Waals surface area contributed by atoms with Gasteiger partial charge in [0, 0.05) is 24.0 Å². The Hall–Kier alpha value is -1.23. The molecule has 18 heavy (non-hydrogen) atoms. The van der Waals surface area contributed by atoms with Gasteiger partial charge in [-0.3, -0.25) is 0 Å². The molecule has 6 heteroatoms. The van der Waals surface area contributed by atoms with Crippen molar-refractivity contribution in [3.05, 3.63) is 39.8 Å². The van der Waals surface area contributed by atoms with E-state index < -0.39 is 0 Å². The van der Waals surface area contributed by atoms with E-state index in [4.69, 9.17) is 28.9 Å². The number of nitrogens with two attached hydrogens (primary N) is 1. The number of nitrogens with zero attached hydrogens (tertiary/aromatic N) is 3. The third-order valence-electron chi connectivity index (χ3n) is 2.33. The van der Waals surface area contributed by atoms with Crippen LogP contribution in [0.15, 0.2) is 18.3 Å². The van der Waals surface area contributed by atoms with Gasteiger partial charge in [0.2, 0.25) is 0 Å². The van der Waals surface area contributed by atoms with Gasteiger partial charge in [0.15, 0.2) is 5.82 Å². The molecule has 0 saturated heterocycles. The number of halogens is 2. The first-order valence-corrected chi connectivity index (χ1v) is 6.22. The summed E-state index contributed by atoms with van der Waals surface area (Å²) in [7, 11) is 0. The molecule has 0 bridgehead atoms. The van der Waals surface area contributed by atoms with Crippen molar-refractivity contribution in [2.75, 3.05) is 6.54 Å². The summed E-state index contributed by atoms with van der Waals surface area (Å²) in [6.45, 7) is 2.44. The molecule has 2 aromatic rings. The zero-order valence-corrected chi connectivity index (χ0v) is 11.3. The normalized spacial score (nSPS) is 10.7. The molecule has 0 amide bonds. The maximum atomic E-state index is 6.09. The summed E-state index contributed by atoms with van der Waals surface area (Å²) in [5.41, 5.74) is 7.80. The molecule has 0 saturated carbocycles. The molecule has 0 spiro atoms. The average molecular weight is 283 g/mol. The van der Waals surface area contributed by atoms with Crippen molar-refractivity contribution < 1.29 is 0 Å². The van der Waals surface area contributed by atoms with E-state index in [0.29, 0.717) is 34.5 Å². The lowest BCUT2D eigenvalue weighted by Crippen LogP contribution is -2.06. The van der Waals surface area contributed by atoms with Crippen LogP contribution in [0.1, 0.15) is 11.4 Å². The molecule has 0 aromatic carbocycles. The van der Waals surface area contributed by atoms with Gasteiger partial charge in [-0.15, -0.1) is 0 Å². The zero-order valence-electron chi connectivity index (χ0n) is 9.82. The Morgan fingerprint density at radius 1 is 1.22 bits per heavy atom. The van der Waals surface area contributed by atoms with Crippen LogP contribution < -0.4 is 5.73 Å². The second-order valence-electron chi connectivity index (χ2n) is 3.85. The highest BCUT2D eigenvalue weighted by molar-refractivity contribution is 6.35. The summed E-state index contributed by atoms with van der Waals surface area (Å²) >= 11 is 11.9. The van der Waals surface area contributed by atoms with Crippen molar-refractivity contribution in [2.24, 2.45) is 5.73 Å². The number of rotatable bonds is 3. The first kappa shape index (κ1) is 13.2. The fourth-order valence-electron chi connectivity index (χ4n) is 1.59. The van der Waals surface area contributed by atoms with Crippen LogP contribution in [0.3, 0.4) is 0 Å². The number of aromatic nitrogens is 3. The fourth-order valence-corrected chi connectivity index (χ4v) is 2.06. The molecule has 0 fully saturated rings. The van der Waals surface area contributed by atoms with Gasteiger partial charge in [0.05, 0.1) is 10.0 Å². The molecule has 2 heterocycles. The van der Waals surface area contributed by atoms with Crippen LogP contribution in [0.25, 0.3) is 11.5 Å². The Kier molecular flexibility index (Phi) is 4.11. The van der Waals surface area contributed by atoms with Crippen LogP contribution in [0.5, 0.6) is 0 Å². The standard InChI is InChI=1S/C12H12Cl2N4/c1-7-4-9(2-3-15)18-12(17-7)11-10(14)5-8(13)6-16-11/h4-6H,2-3,15H2,1H3. The maximum absolute atomic E-state index is 6.09. The molecule has 0 radical (unpaired) electrons. The van der Waals surface area contributed by atoms with Gasteiger partial charge in [-0.25, -0.2) is 15.0 Å². The summed E-state index contributed by atoms with van der Waals surface area (Å²) in [4.78, 5) is 12.9. The molecule has 0 aliphatic rings. The fraction of sp³-hybridized carbons (Fsp3) is 0.250. The van der Waals surface area contributed by atoms with Gasteiger partial charge >= 0.3 is 0 Å². The minimum atomic E-state index is 0.437. The van der Waals surface area contributed by atoms with Crippen molar-refractivity contribution >= 4 is 23.2 Å². The van der Waals surface area contributed by atoms with Crippen LogP contribution in [0.4, 0.5) is 0 Å². The lowest BCUT2D eigenvalue weighted by Gasteiger charge is -2.06. The van der Waals surface area contributed by atoms with Crippen molar-refractivity contribution in [1.29, 1.82) is 0 Å². The lowest BCUT2D eigenvalue weighted by molar-refractivity contribution is 0.902. The summed E-state index contributed by atoms with van der Waals surface area (Å²) < 4.78 is 0. The van der Waals surface area contributed by atoms with E-state index in [1.165, 1.54) is 6.20 Å². The zero-order chi connectivity index (χ0) is 13.1. The molecule has 0 unspecified atom stereocenters. The minimum absolute atomic E-state index is 0.437. The molecule has 4 nitrogen and oxygen atoms in total. The quantitative estimate of drug-likeness (QED) is 0.940. The molecule has 94 valence electrons. The largest absolute Gasteiger partial charge is 0.330 e. The molecule has 2 N–H and O–H groups in total. The summed E-state index contributed by atoms with van der Waals surface area (Å²) in [5, 5.41) is 0.922. The molecule has 2 rings (SSSR count). The Labute approximate surface area is 115 Å². The van der Waals surface area contributed by atoms with E-state index in [2.05, 4.69) is 15.0 Å². The average Bonchev–Trinajstić information content (AvgIpc) is 2.28. The van der Waals surface area contributed by atoms with Gasteiger partial charge in [-0.2, -0.15) is 0 Å². The highest BCUT2D eigenvalue weighted by Gasteiger charge is 2.10. The third kappa shape index (κ3) is 2.96. The van der Waals surface area contributed by atoms with Crippen LogP contribution in [0.2, 0.25) is 10.0 Å². The first-order chi connectivity index (χ1) is 8.60. The van der Waals surface area contributed by atoms with E-state index in [1.54, 1.807) is 6.07 Å². The molecular formula is C12H12Cl2N4. The smallest absolute Gasteiger partial charge is 0.180 e. The predicted octanol–water partition coefficient (Wildman–Crippen LogP) is 2.66. The maximum Gasteiger partial charge on any atom is 0.180 e. The van der Waals surface area contributed by atoms with E-state index in [1.807, 2.05) is 13.0 Å². The van der Waals surface area contributed by atoms with Crippen LogP contribution in [-0.2, 0) is 6.42 Å². The van der Waals surface area contributed by atoms with Crippen LogP contribution in [0, 0.1) is 6.92 Å². The summed E-state index contributed by atoms with van der Waals surface area (Å²) in [5.74, 6) is 0.500. The molecule has 2 aromatic heterocycles. The van der Waals surface area contributed by atoms with E-state index in [-0.39, 0.29) is 0 Å². The second kappa shape index (κ2) is 5.61. The van der Waals surface area contributed by atoms with Crippen molar-refractivity contribution in [2.45, 2.75) is 13.3 Å². The van der Waals surface area contributed by atoms with Gasteiger partial charge in [-0.1, -0.05) is 23.2 Å². The Bertz CT molecular complexity index is 572. The van der Waals surface area contributed by atoms with Crippen LogP contribution in [-0.4, -0.2) is 21.5 Å². The van der Waals surface area contributed by atoms with Crippen molar-refractivity contribution in [3.63, 3.8) is 0 Å². The minimum Gasteiger partial charge on any atom is -0.330 e. The van der Waals surface area contributed by atoms with E-state index >= 15 is 0 Å². The highest BCUT2D eigenvalue weighted by atomic mass is 35.5. The first-order valence-electron chi connectivity index (χ1n) is 5.46. The van der Waals surface area contributed by atoms with Gasteiger partial charge in [0.1, 0.15) is 5.69 Å². The number of hydrogen-bond acceptors (Lipinski definition) is 4. The molecule has 0 atom stereocenters. The highest BCUT2D eigenvalue weighted by Crippen LogP contribution is 2.25. The second-order valence-corrected chi connectivity index (χ2v) is 4.69.